The van der Waals surface area contributed by atoms with Gasteiger partial charge in [0, 0.05) is 25.7 Å². The second-order valence-corrected chi connectivity index (χ2v) is 7.58. The molecule has 1 aliphatic heterocycles. The average molecular weight is 329 g/mol. The Hall–Kier alpha value is -1.39. The summed E-state index contributed by atoms with van der Waals surface area (Å²) in [6, 6.07) is 11.1. The summed E-state index contributed by atoms with van der Waals surface area (Å²) >= 11 is 0. The van der Waals surface area contributed by atoms with Crippen molar-refractivity contribution in [2.45, 2.75) is 44.7 Å². The van der Waals surface area contributed by atoms with Crippen LogP contribution in [0.5, 0.6) is 0 Å². The summed E-state index contributed by atoms with van der Waals surface area (Å²) in [5.41, 5.74) is 1.25. The molecule has 2 atom stereocenters. The molecule has 1 saturated heterocycles. The van der Waals surface area contributed by atoms with Gasteiger partial charge in [0.25, 0.3) is 0 Å². The first-order valence-corrected chi connectivity index (χ1v) is 9.40. The van der Waals surface area contributed by atoms with Crippen molar-refractivity contribution < 1.29 is 4.79 Å². The Bertz CT molecular complexity index is 527. The van der Waals surface area contributed by atoms with E-state index in [1.807, 2.05) is 6.07 Å². The minimum Gasteiger partial charge on any atom is -0.348 e. The standard InChI is InChI=1S/C20H31N3O/c1-16-14-22(2)12-13-23(16)15-19(24)21-20(18-10-6-7-11-18)17-8-4-3-5-9-17/h3-5,8-9,16,18,20H,6-7,10-15H2,1-2H3,(H,21,24)/t16-,20+/m1/s1. The molecule has 3 rings (SSSR count). The summed E-state index contributed by atoms with van der Waals surface area (Å²) in [6.07, 6.45) is 5.04. The third-order valence-corrected chi connectivity index (χ3v) is 5.66. The van der Waals surface area contributed by atoms with E-state index in [1.165, 1.54) is 31.2 Å². The van der Waals surface area contributed by atoms with Crippen molar-refractivity contribution in [1.29, 1.82) is 0 Å². The number of hydrogen-bond donors (Lipinski definition) is 1. The maximum atomic E-state index is 12.7. The first kappa shape index (κ1) is 17.4. The Kier molecular flexibility index (Phi) is 5.90. The van der Waals surface area contributed by atoms with Gasteiger partial charge in [-0.25, -0.2) is 0 Å². The van der Waals surface area contributed by atoms with E-state index in [4.69, 9.17) is 0 Å². The largest absolute Gasteiger partial charge is 0.348 e. The monoisotopic (exact) mass is 329 g/mol. The van der Waals surface area contributed by atoms with Crippen LogP contribution in [-0.4, -0.2) is 55.0 Å². The fourth-order valence-corrected chi connectivity index (χ4v) is 4.24. The Morgan fingerprint density at radius 3 is 2.58 bits per heavy atom. The highest BCUT2D eigenvalue weighted by Gasteiger charge is 2.29. The number of nitrogens with one attached hydrogen (secondary N) is 1. The van der Waals surface area contributed by atoms with E-state index in [0.29, 0.717) is 18.5 Å². The summed E-state index contributed by atoms with van der Waals surface area (Å²) in [5, 5.41) is 3.36. The van der Waals surface area contributed by atoms with E-state index in [9.17, 15) is 4.79 Å². The number of benzene rings is 1. The molecular weight excluding hydrogens is 298 g/mol. The maximum absolute atomic E-state index is 12.7. The van der Waals surface area contributed by atoms with Crippen molar-refractivity contribution in [2.75, 3.05) is 33.2 Å². The van der Waals surface area contributed by atoms with Crippen LogP contribution in [0.25, 0.3) is 0 Å². The number of amides is 1. The van der Waals surface area contributed by atoms with Crippen LogP contribution in [0.4, 0.5) is 0 Å². The van der Waals surface area contributed by atoms with Crippen molar-refractivity contribution in [1.82, 2.24) is 15.1 Å². The minimum absolute atomic E-state index is 0.170. The van der Waals surface area contributed by atoms with E-state index >= 15 is 0 Å². The molecular formula is C20H31N3O. The van der Waals surface area contributed by atoms with Crippen LogP contribution < -0.4 is 5.32 Å². The van der Waals surface area contributed by atoms with Gasteiger partial charge in [-0.3, -0.25) is 9.69 Å². The zero-order chi connectivity index (χ0) is 16.9. The number of carbonyl (C=O) groups excluding carboxylic acids is 1. The normalized spacial score (nSPS) is 24.8. The molecule has 1 heterocycles. The van der Waals surface area contributed by atoms with Crippen LogP contribution in [0, 0.1) is 5.92 Å². The van der Waals surface area contributed by atoms with Crippen LogP contribution in [0.1, 0.15) is 44.2 Å². The summed E-state index contributed by atoms with van der Waals surface area (Å²) in [6.45, 7) is 5.80. The lowest BCUT2D eigenvalue weighted by Gasteiger charge is -2.38. The molecule has 1 N–H and O–H groups in total. The van der Waals surface area contributed by atoms with E-state index < -0.39 is 0 Å². The SMILES string of the molecule is C[C@@H]1CN(C)CCN1CC(=O)N[C@@H](c1ccccc1)C1CCCC1. The molecule has 1 aromatic carbocycles. The van der Waals surface area contributed by atoms with Gasteiger partial charge in [0.05, 0.1) is 12.6 Å². The first-order chi connectivity index (χ1) is 11.6. The lowest BCUT2D eigenvalue weighted by molar-refractivity contribution is -0.124. The van der Waals surface area contributed by atoms with Gasteiger partial charge in [0.1, 0.15) is 0 Å². The zero-order valence-electron chi connectivity index (χ0n) is 15.1. The molecule has 4 nitrogen and oxygen atoms in total. The van der Waals surface area contributed by atoms with Crippen molar-refractivity contribution >= 4 is 5.91 Å². The number of rotatable bonds is 5. The van der Waals surface area contributed by atoms with Gasteiger partial charge >= 0.3 is 0 Å². The molecule has 0 bridgehead atoms. The summed E-state index contributed by atoms with van der Waals surface area (Å²) in [5.74, 6) is 0.758. The molecule has 2 fully saturated rings. The van der Waals surface area contributed by atoms with Crippen molar-refractivity contribution in [3.8, 4) is 0 Å². The quantitative estimate of drug-likeness (QED) is 0.902. The minimum atomic E-state index is 0.170. The second-order valence-electron chi connectivity index (χ2n) is 7.58. The van der Waals surface area contributed by atoms with Crippen LogP contribution >= 0.6 is 0 Å². The van der Waals surface area contributed by atoms with E-state index in [2.05, 4.69) is 53.4 Å². The zero-order valence-corrected chi connectivity index (χ0v) is 15.1. The summed E-state index contributed by atoms with van der Waals surface area (Å²) in [4.78, 5) is 17.4. The van der Waals surface area contributed by atoms with Gasteiger partial charge < -0.3 is 10.2 Å². The lowest BCUT2D eigenvalue weighted by Crippen LogP contribution is -2.53. The smallest absolute Gasteiger partial charge is 0.234 e. The molecule has 1 aromatic rings. The molecule has 1 amide bonds. The first-order valence-electron chi connectivity index (χ1n) is 9.40. The Morgan fingerprint density at radius 1 is 1.21 bits per heavy atom. The molecule has 132 valence electrons. The predicted molar refractivity (Wildman–Crippen MR) is 97.8 cm³/mol. The fourth-order valence-electron chi connectivity index (χ4n) is 4.24. The molecule has 1 aliphatic carbocycles. The van der Waals surface area contributed by atoms with Gasteiger partial charge in [0.15, 0.2) is 0 Å². The maximum Gasteiger partial charge on any atom is 0.234 e. The Balaban J connectivity index is 1.63. The summed E-state index contributed by atoms with van der Waals surface area (Å²) < 4.78 is 0. The molecule has 2 aliphatic rings. The van der Waals surface area contributed by atoms with Crippen LogP contribution in [0.3, 0.4) is 0 Å². The second kappa shape index (κ2) is 8.13. The number of carbonyl (C=O) groups is 1. The van der Waals surface area contributed by atoms with Gasteiger partial charge in [0.2, 0.25) is 5.91 Å². The van der Waals surface area contributed by atoms with Crippen molar-refractivity contribution in [3.05, 3.63) is 35.9 Å². The molecule has 0 radical (unpaired) electrons. The number of nitrogens with zero attached hydrogens (tertiary/aromatic N) is 2. The summed E-state index contributed by atoms with van der Waals surface area (Å²) in [7, 11) is 2.15. The van der Waals surface area contributed by atoms with Gasteiger partial charge in [-0.05, 0) is 38.3 Å². The molecule has 24 heavy (non-hydrogen) atoms. The average Bonchev–Trinajstić information content (AvgIpc) is 3.10. The topological polar surface area (TPSA) is 35.6 Å². The highest BCUT2D eigenvalue weighted by molar-refractivity contribution is 5.78. The highest BCUT2D eigenvalue weighted by Crippen LogP contribution is 2.35. The van der Waals surface area contributed by atoms with Gasteiger partial charge in [-0.2, -0.15) is 0 Å². The number of piperazine rings is 1. The van der Waals surface area contributed by atoms with Crippen LogP contribution in [0.15, 0.2) is 30.3 Å². The number of hydrogen-bond acceptors (Lipinski definition) is 3. The predicted octanol–water partition coefficient (Wildman–Crippen LogP) is 2.67. The van der Waals surface area contributed by atoms with Crippen molar-refractivity contribution in [3.63, 3.8) is 0 Å². The van der Waals surface area contributed by atoms with Gasteiger partial charge in [-0.15, -0.1) is 0 Å². The number of likely N-dealkylation sites (N-methyl/N-ethyl adjacent to an activating group) is 1. The highest BCUT2D eigenvalue weighted by atomic mass is 16.2. The molecule has 4 heteroatoms. The molecule has 0 aromatic heterocycles. The fraction of sp³-hybridized carbons (Fsp3) is 0.650. The van der Waals surface area contributed by atoms with E-state index in [0.717, 1.165) is 19.6 Å². The van der Waals surface area contributed by atoms with E-state index in [1.54, 1.807) is 0 Å². The lowest BCUT2D eigenvalue weighted by atomic mass is 9.91. The third-order valence-electron chi connectivity index (χ3n) is 5.66. The van der Waals surface area contributed by atoms with Crippen molar-refractivity contribution in [2.24, 2.45) is 5.92 Å². The molecule has 0 unspecified atom stereocenters. The Labute approximate surface area is 146 Å². The van der Waals surface area contributed by atoms with Crippen LogP contribution in [-0.2, 0) is 4.79 Å². The molecule has 0 spiro atoms. The third kappa shape index (κ3) is 4.37. The van der Waals surface area contributed by atoms with Crippen LogP contribution in [0.2, 0.25) is 0 Å². The molecule has 1 saturated carbocycles. The Morgan fingerprint density at radius 2 is 1.92 bits per heavy atom. The van der Waals surface area contributed by atoms with Gasteiger partial charge in [-0.1, -0.05) is 43.2 Å². The van der Waals surface area contributed by atoms with E-state index in [-0.39, 0.29) is 11.9 Å².